The topological polar surface area (TPSA) is 40.5 Å². The molecule has 3 aromatic carbocycles. The number of hydrogen-bond donors (Lipinski definition) is 1. The molecule has 4 aromatic rings. The number of hydrogen-bond acceptors (Lipinski definition) is 4. The first kappa shape index (κ1) is 19.6. The van der Waals surface area contributed by atoms with Crippen LogP contribution in [-0.4, -0.2) is 30.5 Å². The molecule has 0 saturated carbocycles. The minimum Gasteiger partial charge on any atom is -0.370 e. The third kappa shape index (κ3) is 5.45. The molecule has 0 bridgehead atoms. The van der Waals surface area contributed by atoms with Gasteiger partial charge >= 0.3 is 0 Å². The molecular weight excluding hydrogens is 368 g/mol. The summed E-state index contributed by atoms with van der Waals surface area (Å²) in [4.78, 5) is 11.0. The van der Waals surface area contributed by atoms with Gasteiger partial charge in [0.05, 0.1) is 18.6 Å². The third-order valence-electron chi connectivity index (χ3n) is 4.93. The molecule has 0 unspecified atom stereocenters. The van der Waals surface area contributed by atoms with Crippen molar-refractivity contribution in [2.45, 2.75) is 6.54 Å². The molecule has 4 heteroatoms. The largest absolute Gasteiger partial charge is 0.370 e. The summed E-state index contributed by atoms with van der Waals surface area (Å²) in [6.45, 7) is 3.58. The number of aromatic nitrogens is 1. The van der Waals surface area contributed by atoms with Crippen LogP contribution in [0.3, 0.4) is 0 Å². The molecule has 1 aliphatic rings. The Balaban J connectivity index is 0.000000181. The molecule has 0 amide bonds. The van der Waals surface area contributed by atoms with E-state index >= 15 is 0 Å². The first-order valence-corrected chi connectivity index (χ1v) is 10.3. The van der Waals surface area contributed by atoms with Crippen LogP contribution in [0.25, 0.3) is 10.9 Å². The SMILES string of the molecule is c1ccc(CN(CC2=NCCN2)c2ccccc2)cc1.c1ccc2ncccc2c1. The Kier molecular flexibility index (Phi) is 6.69. The van der Waals surface area contributed by atoms with Crippen LogP contribution < -0.4 is 10.2 Å². The van der Waals surface area contributed by atoms with Crippen molar-refractivity contribution in [3.63, 3.8) is 0 Å². The van der Waals surface area contributed by atoms with E-state index in [4.69, 9.17) is 0 Å². The highest BCUT2D eigenvalue weighted by Gasteiger charge is 2.12. The highest BCUT2D eigenvalue weighted by molar-refractivity contribution is 5.88. The van der Waals surface area contributed by atoms with Crippen molar-refractivity contribution in [3.05, 3.63) is 109 Å². The van der Waals surface area contributed by atoms with E-state index < -0.39 is 0 Å². The van der Waals surface area contributed by atoms with Gasteiger partial charge in [0.25, 0.3) is 0 Å². The molecule has 30 heavy (non-hydrogen) atoms. The number of benzene rings is 3. The van der Waals surface area contributed by atoms with Gasteiger partial charge in [0, 0.05) is 30.4 Å². The maximum Gasteiger partial charge on any atom is 0.116 e. The van der Waals surface area contributed by atoms with E-state index in [0.717, 1.165) is 37.5 Å². The van der Waals surface area contributed by atoms with Crippen LogP contribution in [0, 0.1) is 0 Å². The number of nitrogens with one attached hydrogen (secondary N) is 1. The summed E-state index contributed by atoms with van der Waals surface area (Å²) < 4.78 is 0. The normalized spacial score (nSPS) is 12.5. The van der Waals surface area contributed by atoms with Gasteiger partial charge in [-0.3, -0.25) is 9.98 Å². The van der Waals surface area contributed by atoms with E-state index in [1.165, 1.54) is 16.6 Å². The number of nitrogens with zero attached hydrogens (tertiary/aromatic N) is 3. The van der Waals surface area contributed by atoms with Gasteiger partial charge in [0.2, 0.25) is 0 Å². The Bertz CT molecular complexity index is 1010. The molecule has 4 nitrogen and oxygen atoms in total. The van der Waals surface area contributed by atoms with Crippen LogP contribution >= 0.6 is 0 Å². The molecule has 150 valence electrons. The maximum atomic E-state index is 4.51. The van der Waals surface area contributed by atoms with E-state index in [2.05, 4.69) is 93.0 Å². The summed E-state index contributed by atoms with van der Waals surface area (Å²) in [5.74, 6) is 1.09. The van der Waals surface area contributed by atoms with Crippen molar-refractivity contribution in [3.8, 4) is 0 Å². The van der Waals surface area contributed by atoms with Gasteiger partial charge in [-0.05, 0) is 29.8 Å². The molecular formula is C26H26N4. The number of aliphatic imine (C=N–C) groups is 1. The molecule has 1 aromatic heterocycles. The molecule has 0 fully saturated rings. The lowest BCUT2D eigenvalue weighted by Gasteiger charge is -2.25. The zero-order valence-electron chi connectivity index (χ0n) is 17.0. The third-order valence-corrected chi connectivity index (χ3v) is 4.93. The highest BCUT2D eigenvalue weighted by Crippen LogP contribution is 2.17. The number of fused-ring (bicyclic) bond motifs is 1. The average Bonchev–Trinajstić information content (AvgIpc) is 3.34. The van der Waals surface area contributed by atoms with E-state index in [1.807, 2.05) is 30.5 Å². The van der Waals surface area contributed by atoms with Crippen LogP contribution in [0.15, 0.2) is 108 Å². The number of rotatable bonds is 5. The average molecular weight is 395 g/mol. The second-order valence-corrected chi connectivity index (χ2v) is 7.13. The van der Waals surface area contributed by atoms with Crippen molar-refractivity contribution in [2.24, 2.45) is 4.99 Å². The molecule has 0 radical (unpaired) electrons. The lowest BCUT2D eigenvalue weighted by atomic mass is 10.2. The standard InChI is InChI=1S/C17H19N3.C9H7N/c1-3-7-15(8-4-1)13-20(14-17-18-11-12-19-17)16-9-5-2-6-10-16;1-2-6-9-8(4-1)5-3-7-10-9/h1-10H,11-14H2,(H,18,19);1-7H. The minimum atomic E-state index is 0.832. The summed E-state index contributed by atoms with van der Waals surface area (Å²) in [7, 11) is 0. The summed E-state index contributed by atoms with van der Waals surface area (Å²) in [6, 6.07) is 33.2. The Labute approximate surface area is 177 Å². The Hall–Kier alpha value is -3.66. The van der Waals surface area contributed by atoms with Crippen molar-refractivity contribution in [1.82, 2.24) is 10.3 Å². The van der Waals surface area contributed by atoms with Gasteiger partial charge in [-0.2, -0.15) is 0 Å². The summed E-state index contributed by atoms with van der Waals surface area (Å²) in [5.41, 5.74) is 3.60. The van der Waals surface area contributed by atoms with Gasteiger partial charge in [-0.15, -0.1) is 0 Å². The molecule has 0 atom stereocenters. The van der Waals surface area contributed by atoms with Crippen molar-refractivity contribution >= 4 is 22.4 Å². The zero-order valence-corrected chi connectivity index (χ0v) is 17.0. The predicted molar refractivity (Wildman–Crippen MR) is 126 cm³/mol. The van der Waals surface area contributed by atoms with Gasteiger partial charge in [0.15, 0.2) is 0 Å². The second-order valence-electron chi connectivity index (χ2n) is 7.13. The smallest absolute Gasteiger partial charge is 0.116 e. The summed E-state index contributed by atoms with van der Waals surface area (Å²) in [6.07, 6.45) is 1.81. The van der Waals surface area contributed by atoms with Crippen LogP contribution in [0.4, 0.5) is 5.69 Å². The lowest BCUT2D eigenvalue weighted by Crippen LogP contribution is -2.34. The predicted octanol–water partition coefficient (Wildman–Crippen LogP) is 4.93. The zero-order chi connectivity index (χ0) is 20.4. The number of pyridine rings is 1. The molecule has 5 rings (SSSR count). The van der Waals surface area contributed by atoms with Crippen LogP contribution in [0.2, 0.25) is 0 Å². The molecule has 1 N–H and O–H groups in total. The monoisotopic (exact) mass is 394 g/mol. The summed E-state index contributed by atoms with van der Waals surface area (Å²) in [5, 5.41) is 4.55. The Morgan fingerprint density at radius 1 is 0.733 bits per heavy atom. The van der Waals surface area contributed by atoms with E-state index in [1.54, 1.807) is 0 Å². The molecule has 0 spiro atoms. The van der Waals surface area contributed by atoms with Crippen LogP contribution in [-0.2, 0) is 6.54 Å². The second kappa shape index (κ2) is 10.2. The number of amidine groups is 1. The molecule has 2 heterocycles. The van der Waals surface area contributed by atoms with E-state index in [-0.39, 0.29) is 0 Å². The fourth-order valence-corrected chi connectivity index (χ4v) is 3.43. The van der Waals surface area contributed by atoms with Gasteiger partial charge in [-0.25, -0.2) is 0 Å². The van der Waals surface area contributed by atoms with Gasteiger partial charge < -0.3 is 10.2 Å². The summed E-state index contributed by atoms with van der Waals surface area (Å²) >= 11 is 0. The molecule has 1 aliphatic heterocycles. The molecule has 0 aliphatic carbocycles. The molecule has 0 saturated heterocycles. The fraction of sp³-hybridized carbons (Fsp3) is 0.154. The quantitative estimate of drug-likeness (QED) is 0.522. The highest BCUT2D eigenvalue weighted by atomic mass is 15.2. The van der Waals surface area contributed by atoms with Crippen LogP contribution in [0.5, 0.6) is 0 Å². The van der Waals surface area contributed by atoms with Crippen molar-refractivity contribution in [2.75, 3.05) is 24.5 Å². The maximum absolute atomic E-state index is 4.51. The van der Waals surface area contributed by atoms with Crippen LogP contribution in [0.1, 0.15) is 5.56 Å². The Morgan fingerprint density at radius 2 is 1.43 bits per heavy atom. The first-order chi connectivity index (χ1) is 14.9. The van der Waals surface area contributed by atoms with E-state index in [9.17, 15) is 0 Å². The minimum absolute atomic E-state index is 0.832. The van der Waals surface area contributed by atoms with Gasteiger partial charge in [0.1, 0.15) is 5.84 Å². The first-order valence-electron chi connectivity index (χ1n) is 10.3. The fourth-order valence-electron chi connectivity index (χ4n) is 3.43. The lowest BCUT2D eigenvalue weighted by molar-refractivity contribution is 0.866. The van der Waals surface area contributed by atoms with E-state index in [0.29, 0.717) is 0 Å². The number of anilines is 1. The van der Waals surface area contributed by atoms with Crippen molar-refractivity contribution < 1.29 is 0 Å². The number of para-hydroxylation sites is 2. The van der Waals surface area contributed by atoms with Crippen molar-refractivity contribution in [1.29, 1.82) is 0 Å². The van der Waals surface area contributed by atoms with Gasteiger partial charge in [-0.1, -0.05) is 72.8 Å². The Morgan fingerprint density at radius 3 is 2.17 bits per heavy atom.